The van der Waals surface area contributed by atoms with Gasteiger partial charge in [-0.05, 0) is 23.0 Å². The highest BCUT2D eigenvalue weighted by atomic mass is 16.5. The van der Waals surface area contributed by atoms with Gasteiger partial charge in [0.05, 0.1) is 0 Å². The van der Waals surface area contributed by atoms with E-state index in [0.717, 1.165) is 5.75 Å². The molecular weight excluding hydrogens is 210 g/mol. The summed E-state index contributed by atoms with van der Waals surface area (Å²) in [6, 6.07) is 8.29. The highest BCUT2D eigenvalue weighted by Gasteiger charge is 2.19. The molecule has 1 rings (SSSR count). The molecule has 0 aliphatic carbocycles. The number of hydrogen-bond donors (Lipinski definition) is 1. The van der Waals surface area contributed by atoms with Gasteiger partial charge >= 0.3 is 0 Å². The summed E-state index contributed by atoms with van der Waals surface area (Å²) >= 11 is 0. The van der Waals surface area contributed by atoms with Crippen LogP contribution in [0.2, 0.25) is 0 Å². The molecule has 0 spiro atoms. The number of ether oxygens (including phenoxy) is 1. The van der Waals surface area contributed by atoms with E-state index in [-0.39, 0.29) is 11.5 Å². The summed E-state index contributed by atoms with van der Waals surface area (Å²) in [7, 11) is 0. The van der Waals surface area contributed by atoms with Crippen molar-refractivity contribution in [3.05, 3.63) is 29.8 Å². The summed E-state index contributed by atoms with van der Waals surface area (Å²) in [6.45, 7) is 11.4. The van der Waals surface area contributed by atoms with Gasteiger partial charge in [-0.15, -0.1) is 0 Å². The molecule has 0 aliphatic heterocycles. The molecule has 0 aromatic heterocycles. The molecule has 0 radical (unpaired) electrons. The molecule has 0 unspecified atom stereocenters. The van der Waals surface area contributed by atoms with Crippen LogP contribution in [0.3, 0.4) is 0 Å². The lowest BCUT2D eigenvalue weighted by molar-refractivity contribution is 0.254. The van der Waals surface area contributed by atoms with Crippen molar-refractivity contribution in [1.29, 1.82) is 0 Å². The minimum Gasteiger partial charge on any atom is -0.492 e. The lowest BCUT2D eigenvalue weighted by Crippen LogP contribution is -2.33. The molecule has 17 heavy (non-hydrogen) atoms. The van der Waals surface area contributed by atoms with Crippen molar-refractivity contribution >= 4 is 0 Å². The lowest BCUT2D eigenvalue weighted by Gasteiger charge is -2.24. The van der Waals surface area contributed by atoms with Crippen molar-refractivity contribution in [1.82, 2.24) is 0 Å². The first-order chi connectivity index (χ1) is 7.82. The highest BCUT2D eigenvalue weighted by molar-refractivity contribution is 5.38. The third-order valence-electron chi connectivity index (χ3n) is 2.98. The topological polar surface area (TPSA) is 35.2 Å². The molecule has 0 bridgehead atoms. The van der Waals surface area contributed by atoms with Gasteiger partial charge in [0, 0.05) is 6.04 Å². The maximum atomic E-state index is 6.00. The minimum absolute atomic E-state index is 0.0861. The van der Waals surface area contributed by atoms with Crippen molar-refractivity contribution in [2.24, 2.45) is 11.7 Å². The summed E-state index contributed by atoms with van der Waals surface area (Å²) in [4.78, 5) is 0. The Labute approximate surface area is 105 Å². The summed E-state index contributed by atoms with van der Waals surface area (Å²) in [5, 5.41) is 0. The van der Waals surface area contributed by atoms with Gasteiger partial charge in [-0.3, -0.25) is 0 Å². The molecule has 1 aromatic carbocycles. The predicted octanol–water partition coefficient (Wildman–Crippen LogP) is 3.35. The van der Waals surface area contributed by atoms with Gasteiger partial charge in [0.25, 0.3) is 0 Å². The average Bonchev–Trinajstić information content (AvgIpc) is 2.24. The number of para-hydroxylation sites is 1. The fourth-order valence-electron chi connectivity index (χ4n) is 1.59. The molecular formula is C15H25NO. The van der Waals surface area contributed by atoms with Gasteiger partial charge in [-0.25, -0.2) is 0 Å². The Morgan fingerprint density at radius 1 is 1.18 bits per heavy atom. The van der Waals surface area contributed by atoms with Crippen LogP contribution in [-0.4, -0.2) is 12.6 Å². The van der Waals surface area contributed by atoms with Crippen LogP contribution in [0.4, 0.5) is 0 Å². The maximum absolute atomic E-state index is 6.00. The molecule has 2 nitrogen and oxygen atoms in total. The van der Waals surface area contributed by atoms with E-state index in [0.29, 0.717) is 12.5 Å². The third kappa shape index (κ3) is 4.04. The zero-order chi connectivity index (χ0) is 13.1. The molecule has 0 amide bonds. The third-order valence-corrected chi connectivity index (χ3v) is 2.98. The quantitative estimate of drug-likeness (QED) is 0.868. The molecule has 0 saturated heterocycles. The Morgan fingerprint density at radius 2 is 1.76 bits per heavy atom. The van der Waals surface area contributed by atoms with Crippen LogP contribution in [0, 0.1) is 5.92 Å². The van der Waals surface area contributed by atoms with Gasteiger partial charge in [0.15, 0.2) is 0 Å². The van der Waals surface area contributed by atoms with E-state index >= 15 is 0 Å². The lowest BCUT2D eigenvalue weighted by atomic mass is 9.86. The second kappa shape index (κ2) is 5.54. The van der Waals surface area contributed by atoms with Crippen LogP contribution < -0.4 is 10.5 Å². The summed E-state index contributed by atoms with van der Waals surface area (Å²) < 4.78 is 5.86. The van der Waals surface area contributed by atoms with Crippen LogP contribution in [0.25, 0.3) is 0 Å². The van der Waals surface area contributed by atoms with Crippen molar-refractivity contribution in [2.45, 2.75) is 46.1 Å². The summed E-state index contributed by atoms with van der Waals surface area (Å²) in [5.41, 5.74) is 7.33. The Morgan fingerprint density at radius 3 is 2.29 bits per heavy atom. The number of hydrogen-bond acceptors (Lipinski definition) is 2. The van der Waals surface area contributed by atoms with Gasteiger partial charge in [-0.1, -0.05) is 52.8 Å². The highest BCUT2D eigenvalue weighted by Crippen LogP contribution is 2.30. The van der Waals surface area contributed by atoms with Crippen LogP contribution >= 0.6 is 0 Å². The first-order valence-electron chi connectivity index (χ1n) is 6.30. The molecule has 96 valence electrons. The van der Waals surface area contributed by atoms with E-state index in [1.165, 1.54) is 5.56 Å². The molecule has 0 heterocycles. The first kappa shape index (κ1) is 14.0. The van der Waals surface area contributed by atoms with Gasteiger partial charge < -0.3 is 10.5 Å². The zero-order valence-electron chi connectivity index (χ0n) is 11.7. The van der Waals surface area contributed by atoms with E-state index in [1.54, 1.807) is 0 Å². The fourth-order valence-corrected chi connectivity index (χ4v) is 1.59. The molecule has 0 saturated carbocycles. The average molecular weight is 235 g/mol. The van der Waals surface area contributed by atoms with E-state index in [9.17, 15) is 0 Å². The standard InChI is InChI=1S/C15H25NO/c1-11(2)13(16)10-17-14-9-7-6-8-12(14)15(3,4)5/h6-9,11,13H,10,16H2,1-5H3/t13-/m1/s1. The van der Waals surface area contributed by atoms with Crippen LogP contribution in [-0.2, 0) is 5.41 Å². The van der Waals surface area contributed by atoms with E-state index in [2.05, 4.69) is 46.8 Å². The fraction of sp³-hybridized carbons (Fsp3) is 0.600. The maximum Gasteiger partial charge on any atom is 0.123 e. The van der Waals surface area contributed by atoms with Crippen molar-refractivity contribution in [3.63, 3.8) is 0 Å². The van der Waals surface area contributed by atoms with Crippen molar-refractivity contribution in [3.8, 4) is 5.75 Å². The van der Waals surface area contributed by atoms with Crippen LogP contribution in [0.15, 0.2) is 24.3 Å². The van der Waals surface area contributed by atoms with Gasteiger partial charge in [0.1, 0.15) is 12.4 Å². The molecule has 0 aliphatic rings. The smallest absolute Gasteiger partial charge is 0.123 e. The second-order valence-electron chi connectivity index (χ2n) is 5.97. The molecule has 1 aromatic rings. The predicted molar refractivity (Wildman–Crippen MR) is 73.5 cm³/mol. The van der Waals surface area contributed by atoms with Crippen molar-refractivity contribution < 1.29 is 4.74 Å². The first-order valence-corrected chi connectivity index (χ1v) is 6.30. The second-order valence-corrected chi connectivity index (χ2v) is 5.97. The summed E-state index contributed by atoms with van der Waals surface area (Å²) in [6.07, 6.45) is 0. The minimum atomic E-state index is 0.0861. The van der Waals surface area contributed by atoms with E-state index < -0.39 is 0 Å². The number of rotatable bonds is 4. The Bertz CT molecular complexity index is 352. The SMILES string of the molecule is CC(C)[C@H](N)COc1ccccc1C(C)(C)C. The summed E-state index contributed by atoms with van der Waals surface area (Å²) in [5.74, 6) is 1.40. The van der Waals surface area contributed by atoms with E-state index in [1.807, 2.05) is 12.1 Å². The molecule has 2 heteroatoms. The molecule has 0 fully saturated rings. The Balaban J connectivity index is 2.78. The monoisotopic (exact) mass is 235 g/mol. The Kier molecular flexibility index (Phi) is 4.58. The Hall–Kier alpha value is -1.02. The number of benzene rings is 1. The molecule has 2 N–H and O–H groups in total. The molecule has 1 atom stereocenters. The zero-order valence-corrected chi connectivity index (χ0v) is 11.7. The normalized spacial score (nSPS) is 13.8. The van der Waals surface area contributed by atoms with Crippen LogP contribution in [0.1, 0.15) is 40.2 Å². The number of nitrogens with two attached hydrogens (primary N) is 1. The van der Waals surface area contributed by atoms with E-state index in [4.69, 9.17) is 10.5 Å². The van der Waals surface area contributed by atoms with Crippen LogP contribution in [0.5, 0.6) is 5.75 Å². The largest absolute Gasteiger partial charge is 0.492 e. The van der Waals surface area contributed by atoms with Gasteiger partial charge in [0.2, 0.25) is 0 Å². The van der Waals surface area contributed by atoms with Gasteiger partial charge in [-0.2, -0.15) is 0 Å². The van der Waals surface area contributed by atoms with Crippen molar-refractivity contribution in [2.75, 3.05) is 6.61 Å².